The van der Waals surface area contributed by atoms with Crippen molar-refractivity contribution in [3.8, 4) is 0 Å². The monoisotopic (exact) mass is 382 g/mol. The van der Waals surface area contributed by atoms with E-state index in [9.17, 15) is 9.59 Å². The second kappa shape index (κ2) is 6.94. The Morgan fingerprint density at radius 3 is 2.65 bits per heavy atom. The van der Waals surface area contributed by atoms with Gasteiger partial charge >= 0.3 is 0 Å². The molecule has 3 aromatic rings. The summed E-state index contributed by atoms with van der Waals surface area (Å²) < 4.78 is 0. The van der Waals surface area contributed by atoms with Crippen LogP contribution in [0.15, 0.2) is 66.0 Å². The first-order valence-electron chi connectivity index (χ1n) is 8.12. The molecule has 2 aromatic carbocycles. The van der Waals surface area contributed by atoms with Crippen LogP contribution in [0.5, 0.6) is 0 Å². The Hall–Kier alpha value is -2.63. The highest BCUT2D eigenvalue weighted by Gasteiger charge is 2.34. The van der Waals surface area contributed by atoms with Crippen LogP contribution >= 0.6 is 22.9 Å². The number of halogens is 1. The SMILES string of the molecule is O=C1CN(C(=O)c2cccs2)[C@@H](c2ccccc2)c2cc(Cl)ccc2N1. The molecule has 4 rings (SSSR count). The van der Waals surface area contributed by atoms with E-state index in [1.807, 2.05) is 47.8 Å². The van der Waals surface area contributed by atoms with Gasteiger partial charge in [0.15, 0.2) is 0 Å². The van der Waals surface area contributed by atoms with Crippen LogP contribution < -0.4 is 5.32 Å². The highest BCUT2D eigenvalue weighted by molar-refractivity contribution is 7.12. The molecule has 0 saturated carbocycles. The fraction of sp³-hybridized carbons (Fsp3) is 0.100. The number of amides is 2. The summed E-state index contributed by atoms with van der Waals surface area (Å²) in [6.45, 7) is -0.0252. The van der Waals surface area contributed by atoms with E-state index in [4.69, 9.17) is 11.6 Å². The van der Waals surface area contributed by atoms with Crippen LogP contribution in [0.25, 0.3) is 0 Å². The van der Waals surface area contributed by atoms with Crippen molar-refractivity contribution in [3.63, 3.8) is 0 Å². The van der Waals surface area contributed by atoms with Gasteiger partial charge in [-0.25, -0.2) is 0 Å². The van der Waals surface area contributed by atoms with Crippen molar-refractivity contribution in [2.45, 2.75) is 6.04 Å². The molecule has 1 aliphatic rings. The van der Waals surface area contributed by atoms with Gasteiger partial charge in [0, 0.05) is 16.3 Å². The highest BCUT2D eigenvalue weighted by atomic mass is 35.5. The first kappa shape index (κ1) is 16.8. The molecule has 0 fully saturated rings. The van der Waals surface area contributed by atoms with Crippen molar-refractivity contribution < 1.29 is 9.59 Å². The molecule has 1 aromatic heterocycles. The maximum absolute atomic E-state index is 13.2. The number of carbonyl (C=O) groups excluding carboxylic acids is 2. The lowest BCUT2D eigenvalue weighted by atomic mass is 9.95. The smallest absolute Gasteiger partial charge is 0.265 e. The Kier molecular flexibility index (Phi) is 4.49. The van der Waals surface area contributed by atoms with Crippen molar-refractivity contribution in [1.29, 1.82) is 0 Å². The van der Waals surface area contributed by atoms with Crippen LogP contribution in [0.3, 0.4) is 0 Å². The van der Waals surface area contributed by atoms with E-state index in [2.05, 4.69) is 5.32 Å². The zero-order chi connectivity index (χ0) is 18.1. The van der Waals surface area contributed by atoms with Gasteiger partial charge < -0.3 is 10.2 Å². The second-order valence-corrected chi connectivity index (χ2v) is 7.39. The maximum Gasteiger partial charge on any atom is 0.265 e. The fourth-order valence-corrected chi connectivity index (χ4v) is 4.06. The van der Waals surface area contributed by atoms with Gasteiger partial charge in [0.2, 0.25) is 5.91 Å². The lowest BCUT2D eigenvalue weighted by molar-refractivity contribution is -0.117. The van der Waals surface area contributed by atoms with Gasteiger partial charge in [-0.1, -0.05) is 48.0 Å². The summed E-state index contributed by atoms with van der Waals surface area (Å²) in [7, 11) is 0. The molecule has 0 saturated heterocycles. The molecule has 6 heteroatoms. The minimum atomic E-state index is -0.404. The number of hydrogen-bond acceptors (Lipinski definition) is 3. The van der Waals surface area contributed by atoms with Gasteiger partial charge in [-0.2, -0.15) is 0 Å². The molecule has 0 aliphatic carbocycles. The van der Waals surface area contributed by atoms with E-state index in [1.54, 1.807) is 23.1 Å². The van der Waals surface area contributed by atoms with Crippen LogP contribution in [0.1, 0.15) is 26.8 Å². The number of nitrogens with zero attached hydrogens (tertiary/aromatic N) is 1. The quantitative estimate of drug-likeness (QED) is 0.705. The van der Waals surface area contributed by atoms with Crippen molar-refractivity contribution in [2.75, 3.05) is 11.9 Å². The molecule has 26 heavy (non-hydrogen) atoms. The van der Waals surface area contributed by atoms with E-state index >= 15 is 0 Å². The third kappa shape index (κ3) is 3.11. The maximum atomic E-state index is 13.2. The van der Waals surface area contributed by atoms with Crippen LogP contribution in [0.4, 0.5) is 5.69 Å². The molecule has 2 heterocycles. The molecular formula is C20H15ClN2O2S. The molecule has 130 valence electrons. The predicted molar refractivity (Wildman–Crippen MR) is 104 cm³/mol. The second-order valence-electron chi connectivity index (χ2n) is 6.00. The Morgan fingerprint density at radius 2 is 1.92 bits per heavy atom. The van der Waals surface area contributed by atoms with Crippen molar-refractivity contribution in [3.05, 3.63) is 87.1 Å². The Bertz CT molecular complexity index is 957. The largest absolute Gasteiger partial charge is 0.324 e. The van der Waals surface area contributed by atoms with E-state index in [0.29, 0.717) is 15.6 Å². The topological polar surface area (TPSA) is 49.4 Å². The van der Waals surface area contributed by atoms with E-state index in [0.717, 1.165) is 11.1 Å². The zero-order valence-electron chi connectivity index (χ0n) is 13.7. The molecule has 1 N–H and O–H groups in total. The normalized spacial score (nSPS) is 16.6. The van der Waals surface area contributed by atoms with Crippen LogP contribution in [0.2, 0.25) is 5.02 Å². The molecule has 2 amide bonds. The predicted octanol–water partition coefficient (Wildman–Crippen LogP) is 4.59. The molecule has 4 nitrogen and oxygen atoms in total. The molecule has 1 atom stereocenters. The third-order valence-electron chi connectivity index (χ3n) is 4.32. The van der Waals surface area contributed by atoms with Gasteiger partial charge in [0.25, 0.3) is 5.91 Å². The Morgan fingerprint density at radius 1 is 1.12 bits per heavy atom. The number of nitrogens with one attached hydrogen (secondary N) is 1. The van der Waals surface area contributed by atoms with Crippen molar-refractivity contribution in [1.82, 2.24) is 4.90 Å². The zero-order valence-corrected chi connectivity index (χ0v) is 15.3. The molecule has 1 aliphatic heterocycles. The summed E-state index contributed by atoms with van der Waals surface area (Å²) in [6.07, 6.45) is 0. The summed E-state index contributed by atoms with van der Waals surface area (Å²) in [6, 6.07) is 18.2. The number of carbonyl (C=O) groups is 2. The highest BCUT2D eigenvalue weighted by Crippen LogP contribution is 2.38. The molecule has 0 unspecified atom stereocenters. The average molecular weight is 383 g/mol. The van der Waals surface area contributed by atoms with E-state index in [-0.39, 0.29) is 18.4 Å². The number of hydrogen-bond donors (Lipinski definition) is 1. The minimum absolute atomic E-state index is 0.0252. The third-order valence-corrected chi connectivity index (χ3v) is 5.41. The summed E-state index contributed by atoms with van der Waals surface area (Å²) >= 11 is 7.60. The fourth-order valence-electron chi connectivity index (χ4n) is 3.20. The van der Waals surface area contributed by atoms with Crippen molar-refractivity contribution >= 4 is 40.4 Å². The number of thiophene rings is 1. The van der Waals surface area contributed by atoms with Gasteiger partial charge in [0.1, 0.15) is 6.54 Å². The lowest BCUT2D eigenvalue weighted by Crippen LogP contribution is -2.38. The first-order valence-corrected chi connectivity index (χ1v) is 9.38. The first-order chi connectivity index (χ1) is 12.6. The van der Waals surface area contributed by atoms with Gasteiger partial charge in [-0.3, -0.25) is 9.59 Å². The lowest BCUT2D eigenvalue weighted by Gasteiger charge is -2.30. The number of anilines is 1. The molecule has 0 radical (unpaired) electrons. The number of benzene rings is 2. The summed E-state index contributed by atoms with van der Waals surface area (Å²) in [5, 5.41) is 5.31. The summed E-state index contributed by atoms with van der Waals surface area (Å²) in [5.74, 6) is -0.395. The van der Waals surface area contributed by atoms with Gasteiger partial charge in [-0.05, 0) is 35.2 Å². The summed E-state index contributed by atoms with van der Waals surface area (Å²) in [5.41, 5.74) is 2.41. The number of rotatable bonds is 2. The minimum Gasteiger partial charge on any atom is -0.324 e. The molecule has 0 spiro atoms. The number of fused-ring (bicyclic) bond motifs is 1. The standard InChI is InChI=1S/C20H15ClN2O2S/c21-14-8-9-16-15(11-14)19(13-5-2-1-3-6-13)23(12-18(24)22-16)20(25)17-7-4-10-26-17/h1-11,19H,12H2,(H,22,24)/t19-/m0/s1. The Balaban J connectivity index is 1.90. The van der Waals surface area contributed by atoms with Crippen molar-refractivity contribution in [2.24, 2.45) is 0 Å². The molecule has 0 bridgehead atoms. The Labute approximate surface area is 160 Å². The average Bonchev–Trinajstić information content (AvgIpc) is 3.13. The van der Waals surface area contributed by atoms with Gasteiger partial charge in [0.05, 0.1) is 10.9 Å². The summed E-state index contributed by atoms with van der Waals surface area (Å²) in [4.78, 5) is 27.8. The van der Waals surface area contributed by atoms with Crippen LogP contribution in [0, 0.1) is 0 Å². The molecular weight excluding hydrogens is 368 g/mol. The van der Waals surface area contributed by atoms with E-state index in [1.165, 1.54) is 11.3 Å². The van der Waals surface area contributed by atoms with Gasteiger partial charge in [-0.15, -0.1) is 11.3 Å². The van der Waals surface area contributed by atoms with Crippen LogP contribution in [-0.4, -0.2) is 23.3 Å². The van der Waals surface area contributed by atoms with Crippen LogP contribution in [-0.2, 0) is 4.79 Å². The van der Waals surface area contributed by atoms with E-state index < -0.39 is 6.04 Å².